The highest BCUT2D eigenvalue weighted by atomic mass is 35.5. The van der Waals surface area contributed by atoms with Crippen molar-refractivity contribution in [1.82, 2.24) is 41.9 Å². The number of carbonyl (C=O) groups excluding carboxylic acids is 4. The van der Waals surface area contributed by atoms with E-state index in [0.29, 0.717) is 69.7 Å². The van der Waals surface area contributed by atoms with Crippen LogP contribution in [0, 0.1) is 13.8 Å². The SMILES string of the molecule is Cc1c(Cl)cc(Cl)cc1[C@H](CC(=O)O)NC(=O)CNC(=O)c1cncc(NC2=NCC(O)CN2)c1.Cc1cc(Cl)cc(C(CC(=O)O)NC(=O)CNC(=O)c2cnc(Cl)c(NC3=NCCN3)c2)c1O. The molecule has 0 radical (unpaired) electrons. The minimum Gasteiger partial charge on any atom is -0.507 e. The van der Waals surface area contributed by atoms with Crippen LogP contribution in [0.2, 0.25) is 20.2 Å². The van der Waals surface area contributed by atoms with E-state index in [1.54, 1.807) is 19.9 Å². The molecule has 2 aliphatic rings. The zero-order valence-electron chi connectivity index (χ0n) is 36.6. The Balaban J connectivity index is 0.000000258. The smallest absolute Gasteiger partial charge is 0.305 e. The van der Waals surface area contributed by atoms with Gasteiger partial charge in [0.05, 0.1) is 85.9 Å². The van der Waals surface area contributed by atoms with Crippen LogP contribution in [0.3, 0.4) is 0 Å². The molecule has 366 valence electrons. The number of nitrogens with zero attached hydrogens (tertiary/aromatic N) is 4. The number of rotatable bonds is 16. The molecule has 0 saturated carbocycles. The van der Waals surface area contributed by atoms with Gasteiger partial charge in [-0.2, -0.15) is 0 Å². The molecule has 4 amide bonds. The number of aliphatic imine (C=N–C) groups is 2. The van der Waals surface area contributed by atoms with E-state index in [1.807, 2.05) is 0 Å². The van der Waals surface area contributed by atoms with Crippen molar-refractivity contribution in [3.63, 3.8) is 0 Å². The number of phenols is 1. The van der Waals surface area contributed by atoms with E-state index in [1.165, 1.54) is 48.9 Å². The summed E-state index contributed by atoms with van der Waals surface area (Å²) in [6.07, 6.45) is 2.63. The number of halogens is 4. The highest BCUT2D eigenvalue weighted by Crippen LogP contribution is 2.33. The first-order valence-corrected chi connectivity index (χ1v) is 22.2. The number of β-amino-alcohol motifs (C(OH)–C–C–N with tert-alkyl or cyclic N) is 1. The molecule has 0 bridgehead atoms. The van der Waals surface area contributed by atoms with Crippen LogP contribution < -0.4 is 42.5 Å². The van der Waals surface area contributed by atoms with E-state index in [9.17, 15) is 49.2 Å². The summed E-state index contributed by atoms with van der Waals surface area (Å²) in [5.74, 6) is -3.96. The first-order valence-electron chi connectivity index (χ1n) is 20.7. The number of benzene rings is 2. The van der Waals surface area contributed by atoms with Gasteiger partial charge in [0.2, 0.25) is 11.8 Å². The lowest BCUT2D eigenvalue weighted by Crippen LogP contribution is -2.42. The van der Waals surface area contributed by atoms with Gasteiger partial charge in [-0.15, -0.1) is 0 Å². The van der Waals surface area contributed by atoms with Crippen LogP contribution in [0.5, 0.6) is 5.75 Å². The lowest BCUT2D eigenvalue weighted by atomic mass is 9.98. The third kappa shape index (κ3) is 16.1. The largest absolute Gasteiger partial charge is 0.507 e. The van der Waals surface area contributed by atoms with Crippen molar-refractivity contribution in [3.05, 3.63) is 109 Å². The number of amides is 4. The number of aliphatic carboxylic acids is 2. The minimum absolute atomic E-state index is 0.138. The van der Waals surface area contributed by atoms with Crippen LogP contribution in [0.1, 0.15) is 67.9 Å². The average Bonchev–Trinajstić information content (AvgIpc) is 3.81. The number of aliphatic hydroxyl groups excluding tert-OH is 1. The molecule has 2 aliphatic heterocycles. The van der Waals surface area contributed by atoms with Gasteiger partial charge in [0.15, 0.2) is 17.1 Å². The molecule has 2 aromatic carbocycles. The number of hydrogen-bond donors (Lipinski definition) is 12. The summed E-state index contributed by atoms with van der Waals surface area (Å²) in [5.41, 5.74) is 2.84. The molecule has 2 aromatic heterocycles. The maximum absolute atomic E-state index is 12.5. The monoisotopic (exact) mass is 1030 g/mol. The number of carboxylic acid groups (broad SMARTS) is 2. The first kappa shape index (κ1) is 53.0. The number of aliphatic hydroxyl groups is 1. The van der Waals surface area contributed by atoms with Gasteiger partial charge in [0.1, 0.15) is 5.75 Å². The summed E-state index contributed by atoms with van der Waals surface area (Å²) in [6, 6.07) is 7.00. The average molecular weight is 1030 g/mol. The second-order valence-corrected chi connectivity index (χ2v) is 16.9. The van der Waals surface area contributed by atoms with Gasteiger partial charge >= 0.3 is 11.9 Å². The molecule has 2 unspecified atom stereocenters. The van der Waals surface area contributed by atoms with Gasteiger partial charge in [-0.05, 0) is 66.9 Å². The molecule has 0 saturated heterocycles. The van der Waals surface area contributed by atoms with Crippen LogP contribution in [-0.2, 0) is 19.2 Å². The number of carboxylic acids is 2. The fourth-order valence-electron chi connectivity index (χ4n) is 6.55. The standard InChI is InChI=1S/C22H24Cl2N6O5.C21H22Cl2N6O5/c1-11-16(3-13(23)4-17(11)24)18(5-20(33)34)30-19(32)10-26-21(35)12-2-14(7-25-6-12)29-22-27-8-15(31)9-28-22;1-10-4-12(22)6-13(18(10)33)14(7-17(31)32)28-16(30)9-27-20(34)11-5-15(19(23)26-8-11)29-21-24-2-3-25-21/h2-4,6-7,15,18,31H,5,8-10H2,1H3,(H,26,35)(H,30,32)(H,33,34)(H2,27,28,29);4-6,8,14,33H,2-3,7,9H2,1H3,(H,27,34)(H,28,30)(H,31,32)(H2,24,25,29)/t18-;/m0./s1. The second kappa shape index (κ2) is 24.9. The molecule has 4 aromatic rings. The van der Waals surface area contributed by atoms with E-state index >= 15 is 0 Å². The van der Waals surface area contributed by atoms with E-state index in [4.69, 9.17) is 46.4 Å². The third-order valence-electron chi connectivity index (χ3n) is 9.90. The molecule has 69 heavy (non-hydrogen) atoms. The molecule has 4 heterocycles. The molecule has 3 atom stereocenters. The van der Waals surface area contributed by atoms with Crippen molar-refractivity contribution < 1.29 is 49.2 Å². The van der Waals surface area contributed by atoms with Crippen molar-refractivity contribution in [3.8, 4) is 5.75 Å². The number of aromatic nitrogens is 2. The Bertz CT molecular complexity index is 2670. The topological polar surface area (TPSA) is 330 Å². The highest BCUT2D eigenvalue weighted by molar-refractivity contribution is 6.35. The lowest BCUT2D eigenvalue weighted by Gasteiger charge is -2.21. The molecular formula is C43H46Cl4N12O10. The van der Waals surface area contributed by atoms with Gasteiger partial charge in [-0.3, -0.25) is 43.7 Å². The van der Waals surface area contributed by atoms with Gasteiger partial charge in [0.25, 0.3) is 11.8 Å². The molecule has 0 aliphatic carbocycles. The predicted octanol–water partition coefficient (Wildman–Crippen LogP) is 3.33. The Morgan fingerprint density at radius 2 is 1.33 bits per heavy atom. The number of carbonyl (C=O) groups is 6. The van der Waals surface area contributed by atoms with Gasteiger partial charge in [-0.25, -0.2) is 4.98 Å². The summed E-state index contributed by atoms with van der Waals surface area (Å²) in [6.45, 7) is 4.34. The van der Waals surface area contributed by atoms with Crippen LogP contribution >= 0.6 is 46.4 Å². The molecule has 0 spiro atoms. The molecule has 22 nitrogen and oxygen atoms in total. The van der Waals surface area contributed by atoms with E-state index in [2.05, 4.69) is 62.5 Å². The number of aromatic hydroxyl groups is 1. The minimum atomic E-state index is -1.19. The van der Waals surface area contributed by atoms with Crippen LogP contribution in [0.4, 0.5) is 11.4 Å². The molecule has 6 rings (SSSR count). The van der Waals surface area contributed by atoms with Crippen molar-refractivity contribution in [1.29, 1.82) is 0 Å². The lowest BCUT2D eigenvalue weighted by molar-refractivity contribution is -0.139. The maximum Gasteiger partial charge on any atom is 0.305 e. The summed E-state index contributed by atoms with van der Waals surface area (Å²) in [5, 5.41) is 61.3. The van der Waals surface area contributed by atoms with E-state index in [0.717, 1.165) is 0 Å². The van der Waals surface area contributed by atoms with Crippen molar-refractivity contribution in [2.45, 2.75) is 44.9 Å². The van der Waals surface area contributed by atoms with Gasteiger partial charge in [0, 0.05) is 46.1 Å². The Morgan fingerprint density at radius 1 is 0.739 bits per heavy atom. The fourth-order valence-corrected chi connectivity index (χ4v) is 7.49. The zero-order valence-corrected chi connectivity index (χ0v) is 39.6. The number of hydrogen-bond acceptors (Lipinski definition) is 16. The predicted molar refractivity (Wildman–Crippen MR) is 257 cm³/mol. The molecular weight excluding hydrogens is 986 g/mol. The molecule has 26 heteroatoms. The van der Waals surface area contributed by atoms with Gasteiger partial charge < -0.3 is 63.0 Å². The Morgan fingerprint density at radius 3 is 1.93 bits per heavy atom. The number of pyridine rings is 2. The Labute approximate surface area is 413 Å². The second-order valence-electron chi connectivity index (χ2n) is 15.2. The first-order chi connectivity index (χ1) is 32.8. The number of nitrogens with one attached hydrogen (secondary N) is 8. The van der Waals surface area contributed by atoms with E-state index < -0.39 is 79.7 Å². The summed E-state index contributed by atoms with van der Waals surface area (Å²) < 4.78 is 0. The van der Waals surface area contributed by atoms with E-state index in [-0.39, 0.29) is 39.2 Å². The third-order valence-corrected chi connectivity index (χ3v) is 11.0. The highest BCUT2D eigenvalue weighted by Gasteiger charge is 2.25. The number of anilines is 2. The Kier molecular flexibility index (Phi) is 19.1. The molecule has 12 N–H and O–H groups in total. The number of guanidine groups is 2. The number of aryl methyl sites for hydroxylation is 1. The zero-order chi connectivity index (χ0) is 50.4. The van der Waals surface area contributed by atoms with Crippen LogP contribution in [0.15, 0.2) is 65.0 Å². The Hall–Kier alpha value is -6.98. The number of phenolic OH excluding ortho intramolecular Hbond substituents is 1. The summed E-state index contributed by atoms with van der Waals surface area (Å²) >= 11 is 24.3. The summed E-state index contributed by atoms with van der Waals surface area (Å²) in [4.78, 5) is 89.0. The van der Waals surface area contributed by atoms with Crippen molar-refractivity contribution >= 4 is 105 Å². The van der Waals surface area contributed by atoms with Crippen LogP contribution in [-0.4, -0.2) is 123 Å². The quantitative estimate of drug-likeness (QED) is 0.0716. The van der Waals surface area contributed by atoms with Crippen LogP contribution in [0.25, 0.3) is 0 Å². The maximum atomic E-state index is 12.5. The summed E-state index contributed by atoms with van der Waals surface area (Å²) in [7, 11) is 0. The van der Waals surface area contributed by atoms with Crippen molar-refractivity contribution in [2.75, 3.05) is 49.9 Å². The fraction of sp³-hybridized carbons (Fsp3) is 0.302. The van der Waals surface area contributed by atoms with Crippen molar-refractivity contribution in [2.24, 2.45) is 9.98 Å². The molecule has 0 fully saturated rings. The van der Waals surface area contributed by atoms with Gasteiger partial charge in [-0.1, -0.05) is 46.4 Å². The normalized spacial score (nSPS) is 14.7.